The Hall–Kier alpha value is -0.560. The Balaban J connectivity index is 1.15. The van der Waals surface area contributed by atoms with Crippen LogP contribution in [0.5, 0.6) is 0 Å². The molecule has 14 nitrogen and oxygen atoms in total. The van der Waals surface area contributed by atoms with Gasteiger partial charge in [-0.2, -0.15) is 0 Å². The van der Waals surface area contributed by atoms with Crippen LogP contribution in [0.25, 0.3) is 0 Å². The third-order valence-corrected chi connectivity index (χ3v) is 17.6. The summed E-state index contributed by atoms with van der Waals surface area (Å²) in [6, 6.07) is 0. The van der Waals surface area contributed by atoms with Gasteiger partial charge >= 0.3 is 0 Å². The van der Waals surface area contributed by atoms with Gasteiger partial charge in [0.2, 0.25) is 0 Å². The second-order valence-electron chi connectivity index (χ2n) is 21.1. The first-order valence-electron chi connectivity index (χ1n) is 20.9. The predicted octanol–water partition coefficient (Wildman–Crippen LogP) is 0.724. The van der Waals surface area contributed by atoms with Gasteiger partial charge in [-0.3, -0.25) is 0 Å². The van der Waals surface area contributed by atoms with Crippen LogP contribution in [0, 0.1) is 44.8 Å². The number of aliphatic hydroxyl groups is 9. The molecule has 55 heavy (non-hydrogen) atoms. The topological polar surface area (TPSA) is 228 Å². The van der Waals surface area contributed by atoms with E-state index in [2.05, 4.69) is 34.6 Å². The predicted molar refractivity (Wildman–Crippen MR) is 194 cm³/mol. The minimum atomic E-state index is -1.60. The van der Waals surface area contributed by atoms with Gasteiger partial charge in [0.05, 0.1) is 48.8 Å². The van der Waals surface area contributed by atoms with Gasteiger partial charge in [-0.1, -0.05) is 27.7 Å². The lowest BCUT2D eigenvalue weighted by molar-refractivity contribution is -0.339. The first kappa shape index (κ1) is 41.2. The van der Waals surface area contributed by atoms with E-state index in [9.17, 15) is 46.0 Å². The maximum atomic E-state index is 12.2. The zero-order valence-electron chi connectivity index (χ0n) is 33.6. The van der Waals surface area contributed by atoms with Crippen LogP contribution in [0.15, 0.2) is 0 Å². The molecule has 0 aromatic carbocycles. The number of ether oxygens (including phenoxy) is 5. The zero-order valence-corrected chi connectivity index (χ0v) is 33.6. The average Bonchev–Trinajstić information content (AvgIpc) is 3.47. The summed E-state index contributed by atoms with van der Waals surface area (Å²) in [6.45, 7) is 13.8. The Morgan fingerprint density at radius 3 is 2.05 bits per heavy atom. The van der Waals surface area contributed by atoms with Crippen LogP contribution in [0.2, 0.25) is 0 Å². The minimum Gasteiger partial charge on any atom is -0.394 e. The summed E-state index contributed by atoms with van der Waals surface area (Å²) < 4.78 is 31.9. The highest BCUT2D eigenvalue weighted by Gasteiger charge is 2.85. The zero-order chi connectivity index (χ0) is 40.1. The lowest BCUT2D eigenvalue weighted by atomic mass is 9.41. The number of hydrogen-bond donors (Lipinski definition) is 9. The molecule has 0 aromatic rings. The lowest BCUT2D eigenvalue weighted by Gasteiger charge is -2.65. The second kappa shape index (κ2) is 13.2. The van der Waals surface area contributed by atoms with Gasteiger partial charge in [0.25, 0.3) is 0 Å². The monoisotopic (exact) mass is 784 g/mol. The lowest BCUT2D eigenvalue weighted by Crippen LogP contribution is -2.65. The summed E-state index contributed by atoms with van der Waals surface area (Å²) in [6.07, 6.45) is -7.48. The molecule has 0 amide bonds. The first-order valence-corrected chi connectivity index (χ1v) is 20.9. The smallest absolute Gasteiger partial charge is 0.186 e. The normalized spacial score (nSPS) is 58.7. The van der Waals surface area contributed by atoms with E-state index in [-0.39, 0.29) is 52.1 Å². The molecular weight excluding hydrogens is 716 g/mol. The molecule has 5 aliphatic carbocycles. The second-order valence-corrected chi connectivity index (χ2v) is 21.1. The number of fused-ring (bicyclic) bond motifs is 2. The van der Waals surface area contributed by atoms with Gasteiger partial charge in [-0.05, 0) is 117 Å². The molecule has 316 valence electrons. The molecule has 21 atom stereocenters. The summed E-state index contributed by atoms with van der Waals surface area (Å²) in [5.41, 5.74) is -3.16. The molecule has 3 heterocycles. The highest BCUT2D eigenvalue weighted by atomic mass is 16.7. The Kier molecular flexibility index (Phi) is 9.90. The SMILES string of the molecule is CC(C)(O)C1CCC(C)(C2[C@@H](O)C[C@@]3(C)C4C[C@H](OC5OC(CO)C(O)C(O)C5O)C5C(C)(C)[C@@H](OC6OCC(O)C(O)C6O)CCC56CC46CC[C@]23C)O1. The molecule has 0 radical (unpaired) electrons. The van der Waals surface area contributed by atoms with Gasteiger partial charge in [-0.15, -0.1) is 0 Å². The fourth-order valence-electron chi connectivity index (χ4n) is 14.9. The van der Waals surface area contributed by atoms with Crippen molar-refractivity contribution in [3.63, 3.8) is 0 Å². The summed E-state index contributed by atoms with van der Waals surface area (Å²) in [5.74, 6) is -0.215. The summed E-state index contributed by atoms with van der Waals surface area (Å²) in [4.78, 5) is 0. The molecule has 0 aromatic heterocycles. The maximum absolute atomic E-state index is 12.2. The van der Waals surface area contributed by atoms with Crippen LogP contribution in [0.1, 0.15) is 106 Å². The van der Waals surface area contributed by atoms with Crippen molar-refractivity contribution in [1.82, 2.24) is 0 Å². The Bertz CT molecular complexity index is 1460. The Morgan fingerprint density at radius 2 is 1.40 bits per heavy atom. The third kappa shape index (κ3) is 5.70. The molecule has 14 heteroatoms. The fraction of sp³-hybridized carbons (Fsp3) is 1.00. The highest BCUT2D eigenvalue weighted by molar-refractivity contribution is 5.33. The van der Waals surface area contributed by atoms with Crippen LogP contribution in [0.4, 0.5) is 0 Å². The van der Waals surface area contributed by atoms with Crippen molar-refractivity contribution in [3.8, 4) is 0 Å². The minimum absolute atomic E-state index is 0.0633. The third-order valence-electron chi connectivity index (χ3n) is 17.6. The van der Waals surface area contributed by atoms with E-state index in [0.717, 1.165) is 32.1 Å². The standard InChI is InChI=1S/C41H68O14/c1-35(2)24(54-33-29(48)26(45)20(44)17-51-33)9-11-41-18-40(41)13-12-37(5)31(39(7)10-8-25(55-39)36(3,4)50)19(43)15-38(37,6)23(40)14-21(32(35)41)52-34-30(49)28(47)27(46)22(16-42)53-34/h19-34,42-50H,8-18H2,1-7H3/t19-,20?,21-,22?,23?,24-,25?,26?,27?,28?,29?,30?,31?,32?,33?,34?,37+,38-,39?,40?,41?/m0/s1. The van der Waals surface area contributed by atoms with Crippen LogP contribution < -0.4 is 0 Å². The van der Waals surface area contributed by atoms with Crippen molar-refractivity contribution < 1.29 is 69.6 Å². The van der Waals surface area contributed by atoms with E-state index in [1.807, 2.05) is 0 Å². The van der Waals surface area contributed by atoms with Crippen LogP contribution in [0.3, 0.4) is 0 Å². The van der Waals surface area contributed by atoms with E-state index in [1.54, 1.807) is 13.8 Å². The van der Waals surface area contributed by atoms with Crippen LogP contribution >= 0.6 is 0 Å². The van der Waals surface area contributed by atoms with Gasteiger partial charge in [0, 0.05) is 5.92 Å². The van der Waals surface area contributed by atoms with Gasteiger partial charge in [-0.25, -0.2) is 0 Å². The van der Waals surface area contributed by atoms with Gasteiger partial charge < -0.3 is 69.6 Å². The molecule has 5 saturated carbocycles. The summed E-state index contributed by atoms with van der Waals surface area (Å²) in [7, 11) is 0. The number of rotatable bonds is 7. The first-order chi connectivity index (χ1) is 25.5. The molecule has 3 saturated heterocycles. The van der Waals surface area contributed by atoms with E-state index >= 15 is 0 Å². The van der Waals surface area contributed by atoms with Crippen molar-refractivity contribution in [2.45, 2.75) is 197 Å². The van der Waals surface area contributed by atoms with Crippen LogP contribution in [-0.4, -0.2) is 150 Å². The molecule has 8 rings (SSSR count). The Morgan fingerprint density at radius 1 is 0.709 bits per heavy atom. The van der Waals surface area contributed by atoms with Gasteiger partial charge in [0.15, 0.2) is 12.6 Å². The highest BCUT2D eigenvalue weighted by Crippen LogP contribution is 2.89. The molecule has 9 N–H and O–H groups in total. The van der Waals surface area contributed by atoms with Crippen molar-refractivity contribution >= 4 is 0 Å². The molecule has 8 fully saturated rings. The summed E-state index contributed by atoms with van der Waals surface area (Å²) >= 11 is 0. The van der Waals surface area contributed by atoms with E-state index in [0.29, 0.717) is 25.7 Å². The fourth-order valence-corrected chi connectivity index (χ4v) is 14.9. The quantitative estimate of drug-likeness (QED) is 0.162. The van der Waals surface area contributed by atoms with E-state index in [1.165, 1.54) is 0 Å². The molecule has 2 spiro atoms. The molecule has 8 aliphatic rings. The molecule has 0 bridgehead atoms. The van der Waals surface area contributed by atoms with Crippen molar-refractivity contribution in [1.29, 1.82) is 0 Å². The molecule has 16 unspecified atom stereocenters. The van der Waals surface area contributed by atoms with E-state index < -0.39 is 96.8 Å². The maximum Gasteiger partial charge on any atom is 0.186 e. The molecular formula is C41H68O14. The number of hydrogen-bond acceptors (Lipinski definition) is 14. The van der Waals surface area contributed by atoms with Gasteiger partial charge in [0.1, 0.15) is 42.7 Å². The number of aliphatic hydroxyl groups excluding tert-OH is 8. The van der Waals surface area contributed by atoms with E-state index in [4.69, 9.17) is 23.7 Å². The summed E-state index contributed by atoms with van der Waals surface area (Å²) in [5, 5.41) is 97.2. The van der Waals surface area contributed by atoms with Crippen molar-refractivity contribution in [2.24, 2.45) is 44.8 Å². The van der Waals surface area contributed by atoms with Crippen molar-refractivity contribution in [2.75, 3.05) is 13.2 Å². The largest absolute Gasteiger partial charge is 0.394 e. The van der Waals surface area contributed by atoms with Crippen molar-refractivity contribution in [3.05, 3.63) is 0 Å². The average molecular weight is 785 g/mol. The van der Waals surface area contributed by atoms with Crippen LogP contribution in [-0.2, 0) is 23.7 Å². The Labute approximate surface area is 324 Å². The molecule has 3 aliphatic heterocycles.